The molecule has 0 aliphatic rings. The number of aliphatic hydroxyl groups is 2. The molecule has 0 aromatic rings. The van der Waals surface area contributed by atoms with Crippen LogP contribution in [0.3, 0.4) is 0 Å². The first-order valence-electron chi connectivity index (χ1n) is 31.4. The molecule has 0 aliphatic carbocycles. The van der Waals surface area contributed by atoms with Gasteiger partial charge in [0.2, 0.25) is 5.91 Å². The minimum absolute atomic E-state index is 0.00663. The Morgan fingerprint density at radius 3 is 1.04 bits per heavy atom. The molecule has 0 rings (SSSR count). The Labute approximate surface area is 431 Å². The van der Waals surface area contributed by atoms with Gasteiger partial charge in [-0.05, 0) is 51.4 Å². The van der Waals surface area contributed by atoms with Gasteiger partial charge in [0.05, 0.1) is 25.4 Å². The highest BCUT2D eigenvalue weighted by molar-refractivity contribution is 5.76. The second kappa shape index (κ2) is 59.2. The number of allylic oxidation sites excluding steroid dienone is 2. The molecule has 1 amide bonds. The molecule has 410 valence electrons. The third kappa shape index (κ3) is 55.8. The number of amides is 1. The molecule has 69 heavy (non-hydrogen) atoms. The van der Waals surface area contributed by atoms with E-state index in [0.717, 1.165) is 70.6 Å². The van der Waals surface area contributed by atoms with Gasteiger partial charge in [-0.15, -0.1) is 0 Å². The van der Waals surface area contributed by atoms with Crippen LogP contribution >= 0.6 is 0 Å². The normalized spacial score (nSPS) is 12.6. The van der Waals surface area contributed by atoms with Crippen LogP contribution in [-0.4, -0.2) is 47.4 Å². The first kappa shape index (κ1) is 67.6. The van der Waals surface area contributed by atoms with Crippen LogP contribution in [0.15, 0.2) is 12.2 Å². The number of hydrogen-bond donors (Lipinski definition) is 3. The van der Waals surface area contributed by atoms with E-state index in [4.69, 9.17) is 4.74 Å². The Morgan fingerprint density at radius 1 is 0.391 bits per heavy atom. The Hall–Kier alpha value is -1.40. The third-order valence-corrected chi connectivity index (χ3v) is 14.8. The third-order valence-electron chi connectivity index (χ3n) is 14.8. The van der Waals surface area contributed by atoms with Gasteiger partial charge in [0.1, 0.15) is 0 Å². The molecule has 3 N–H and O–H groups in total. The van der Waals surface area contributed by atoms with Crippen LogP contribution in [0.1, 0.15) is 354 Å². The van der Waals surface area contributed by atoms with Crippen molar-refractivity contribution in [2.45, 2.75) is 366 Å². The second-order valence-electron chi connectivity index (χ2n) is 21.7. The fourth-order valence-corrected chi connectivity index (χ4v) is 9.99. The van der Waals surface area contributed by atoms with Crippen LogP contribution in [-0.2, 0) is 14.3 Å². The molecule has 2 atom stereocenters. The van der Waals surface area contributed by atoms with Crippen molar-refractivity contribution in [1.82, 2.24) is 5.32 Å². The molecule has 0 aromatic heterocycles. The molecule has 0 saturated heterocycles. The molecular weight excluding hydrogens is 851 g/mol. The van der Waals surface area contributed by atoms with E-state index in [2.05, 4.69) is 31.3 Å². The summed E-state index contributed by atoms with van der Waals surface area (Å²) in [5.41, 5.74) is 0. The molecule has 0 heterocycles. The summed E-state index contributed by atoms with van der Waals surface area (Å²) in [5.74, 6) is -0.0674. The lowest BCUT2D eigenvalue weighted by Gasteiger charge is -2.22. The van der Waals surface area contributed by atoms with Crippen LogP contribution in [0.4, 0.5) is 0 Å². The van der Waals surface area contributed by atoms with Gasteiger partial charge < -0.3 is 20.3 Å². The van der Waals surface area contributed by atoms with Gasteiger partial charge in [-0.25, -0.2) is 0 Å². The molecule has 0 radical (unpaired) electrons. The number of ether oxygens (including phenoxy) is 1. The summed E-state index contributed by atoms with van der Waals surface area (Å²) in [6.07, 6.45) is 70.8. The maximum atomic E-state index is 12.5. The number of carbonyl (C=O) groups is 2. The zero-order valence-corrected chi connectivity index (χ0v) is 46.8. The summed E-state index contributed by atoms with van der Waals surface area (Å²) in [4.78, 5) is 24.6. The molecule has 2 unspecified atom stereocenters. The van der Waals surface area contributed by atoms with E-state index in [1.54, 1.807) is 0 Å². The Morgan fingerprint density at radius 2 is 0.681 bits per heavy atom. The predicted octanol–water partition coefficient (Wildman–Crippen LogP) is 19.6. The van der Waals surface area contributed by atoms with Crippen LogP contribution in [0.5, 0.6) is 0 Å². The lowest BCUT2D eigenvalue weighted by molar-refractivity contribution is -0.143. The van der Waals surface area contributed by atoms with Crippen molar-refractivity contribution in [2.24, 2.45) is 0 Å². The van der Waals surface area contributed by atoms with E-state index in [1.165, 1.54) is 250 Å². The summed E-state index contributed by atoms with van der Waals surface area (Å²) in [7, 11) is 0. The molecule has 0 saturated carbocycles. The first-order chi connectivity index (χ1) is 34.0. The van der Waals surface area contributed by atoms with Gasteiger partial charge in [-0.3, -0.25) is 9.59 Å². The SMILES string of the molecule is CCCCCCCCCCCCCCCCCCCCCCC(O)C(CO)NC(=O)CCCCC/C=C\CCCCCCCCOC(=O)CCCCCCCCCCCCCCCCCCCCC. The average molecular weight is 975 g/mol. The maximum absolute atomic E-state index is 12.5. The topological polar surface area (TPSA) is 95.9 Å². The van der Waals surface area contributed by atoms with Gasteiger partial charge in [0, 0.05) is 12.8 Å². The molecule has 0 aromatic carbocycles. The van der Waals surface area contributed by atoms with Crippen LogP contribution in [0.2, 0.25) is 0 Å². The lowest BCUT2D eigenvalue weighted by atomic mass is 10.0. The zero-order valence-electron chi connectivity index (χ0n) is 46.8. The fraction of sp³-hybridized carbons (Fsp3) is 0.937. The molecule has 0 bridgehead atoms. The maximum Gasteiger partial charge on any atom is 0.305 e. The van der Waals surface area contributed by atoms with Crippen LogP contribution in [0, 0.1) is 0 Å². The van der Waals surface area contributed by atoms with Crippen molar-refractivity contribution in [1.29, 1.82) is 0 Å². The van der Waals surface area contributed by atoms with Gasteiger partial charge >= 0.3 is 5.97 Å². The van der Waals surface area contributed by atoms with Crippen molar-refractivity contribution in [3.8, 4) is 0 Å². The number of aliphatic hydroxyl groups excluding tert-OH is 2. The monoisotopic (exact) mass is 974 g/mol. The Kier molecular flexibility index (Phi) is 58.0. The minimum atomic E-state index is -0.681. The second-order valence-corrected chi connectivity index (χ2v) is 21.7. The van der Waals surface area contributed by atoms with Gasteiger partial charge in [-0.2, -0.15) is 0 Å². The Bertz CT molecular complexity index is 1030. The fourth-order valence-electron chi connectivity index (χ4n) is 9.99. The van der Waals surface area contributed by atoms with Crippen molar-refractivity contribution < 1.29 is 24.5 Å². The van der Waals surface area contributed by atoms with Crippen molar-refractivity contribution in [3.05, 3.63) is 12.2 Å². The van der Waals surface area contributed by atoms with E-state index in [0.29, 0.717) is 25.9 Å². The van der Waals surface area contributed by atoms with Gasteiger partial charge in [0.25, 0.3) is 0 Å². The highest BCUT2D eigenvalue weighted by atomic mass is 16.5. The number of esters is 1. The summed E-state index contributed by atoms with van der Waals surface area (Å²) >= 11 is 0. The molecule has 6 heteroatoms. The molecule has 0 fully saturated rings. The minimum Gasteiger partial charge on any atom is -0.466 e. The van der Waals surface area contributed by atoms with E-state index < -0.39 is 12.1 Å². The predicted molar refractivity (Wildman–Crippen MR) is 301 cm³/mol. The standard InChI is InChI=1S/C63H123NO5/c1-3-5-7-9-11-13-15-17-19-21-23-25-26-28-31-35-39-43-47-51-55-61(66)60(59-65)64-62(67)56-52-48-44-40-36-32-30-34-38-42-46-50-54-58-69-63(68)57-53-49-45-41-37-33-29-27-24-22-20-18-16-14-12-10-8-6-4-2/h32,36,60-61,65-66H,3-31,33-35,37-59H2,1-2H3,(H,64,67)/b36-32-. The summed E-state index contributed by atoms with van der Waals surface area (Å²) in [5, 5.41) is 23.3. The molecule has 0 spiro atoms. The summed E-state index contributed by atoms with van der Waals surface area (Å²) in [6, 6.07) is -0.562. The number of unbranched alkanes of at least 4 members (excludes halogenated alkanes) is 46. The number of rotatable bonds is 59. The van der Waals surface area contributed by atoms with Crippen molar-refractivity contribution in [2.75, 3.05) is 13.2 Å². The van der Waals surface area contributed by atoms with Crippen LogP contribution < -0.4 is 5.32 Å². The molecule has 6 nitrogen and oxygen atoms in total. The van der Waals surface area contributed by atoms with E-state index >= 15 is 0 Å². The average Bonchev–Trinajstić information content (AvgIpc) is 3.35. The highest BCUT2D eigenvalue weighted by Gasteiger charge is 2.20. The first-order valence-corrected chi connectivity index (χ1v) is 31.4. The van der Waals surface area contributed by atoms with Crippen molar-refractivity contribution >= 4 is 11.9 Å². The summed E-state index contributed by atoms with van der Waals surface area (Å²) in [6.45, 7) is 4.95. The lowest BCUT2D eigenvalue weighted by Crippen LogP contribution is -2.45. The molecule has 0 aliphatic heterocycles. The molecular formula is C63H123NO5. The zero-order chi connectivity index (χ0) is 50.0. The number of nitrogens with one attached hydrogen (secondary N) is 1. The van der Waals surface area contributed by atoms with Gasteiger partial charge in [-0.1, -0.05) is 302 Å². The largest absolute Gasteiger partial charge is 0.466 e. The van der Waals surface area contributed by atoms with E-state index in [-0.39, 0.29) is 18.5 Å². The number of carbonyl (C=O) groups excluding carboxylic acids is 2. The summed E-state index contributed by atoms with van der Waals surface area (Å²) < 4.78 is 5.49. The number of hydrogen-bond acceptors (Lipinski definition) is 5. The van der Waals surface area contributed by atoms with Gasteiger partial charge in [0.15, 0.2) is 0 Å². The van der Waals surface area contributed by atoms with E-state index in [9.17, 15) is 19.8 Å². The van der Waals surface area contributed by atoms with E-state index in [1.807, 2.05) is 0 Å². The van der Waals surface area contributed by atoms with Crippen LogP contribution in [0.25, 0.3) is 0 Å². The quantitative estimate of drug-likeness (QED) is 0.0321. The highest BCUT2D eigenvalue weighted by Crippen LogP contribution is 2.18. The smallest absolute Gasteiger partial charge is 0.305 e. The van der Waals surface area contributed by atoms with Crippen molar-refractivity contribution in [3.63, 3.8) is 0 Å². The Balaban J connectivity index is 3.45.